The van der Waals surface area contributed by atoms with Crippen LogP contribution in [0.3, 0.4) is 0 Å². The molecule has 1 aromatic rings. The van der Waals surface area contributed by atoms with Crippen LogP contribution in [0, 0.1) is 0 Å². The summed E-state index contributed by atoms with van der Waals surface area (Å²) in [6.07, 6.45) is 0. The number of amides is 2. The summed E-state index contributed by atoms with van der Waals surface area (Å²) in [4.78, 5) is 11.6. The molecular formula is C15H24N2O3. The number of hydrogen-bond acceptors (Lipinski definition) is 3. The van der Waals surface area contributed by atoms with E-state index in [1.165, 1.54) is 0 Å². The predicted octanol–water partition coefficient (Wildman–Crippen LogP) is 1.65. The average molecular weight is 280 g/mol. The first-order chi connectivity index (χ1) is 9.39. The molecule has 20 heavy (non-hydrogen) atoms. The summed E-state index contributed by atoms with van der Waals surface area (Å²) in [6, 6.07) is 7.28. The van der Waals surface area contributed by atoms with Gasteiger partial charge < -0.3 is 20.5 Å². The van der Waals surface area contributed by atoms with Crippen LogP contribution in [0.4, 0.5) is 4.79 Å². The molecule has 5 nitrogen and oxygen atoms in total. The number of methoxy groups -OCH3 is 1. The fourth-order valence-electron chi connectivity index (χ4n) is 1.77. The quantitative estimate of drug-likeness (QED) is 0.742. The van der Waals surface area contributed by atoms with E-state index in [9.17, 15) is 4.79 Å². The zero-order valence-corrected chi connectivity index (χ0v) is 12.6. The Morgan fingerprint density at radius 2 is 1.95 bits per heavy atom. The highest BCUT2D eigenvalue weighted by Gasteiger charge is 2.21. The van der Waals surface area contributed by atoms with Crippen LogP contribution in [0.15, 0.2) is 24.3 Å². The monoisotopic (exact) mass is 280 g/mol. The summed E-state index contributed by atoms with van der Waals surface area (Å²) in [7, 11) is 1.63. The molecule has 1 aromatic carbocycles. The smallest absolute Gasteiger partial charge is 0.315 e. The van der Waals surface area contributed by atoms with Crippen molar-refractivity contribution in [3.05, 3.63) is 29.8 Å². The number of rotatable bonds is 6. The minimum Gasteiger partial charge on any atom is -0.497 e. The molecule has 0 heterocycles. The first-order valence-corrected chi connectivity index (χ1v) is 6.69. The highest BCUT2D eigenvalue weighted by Crippen LogP contribution is 2.24. The molecule has 0 radical (unpaired) electrons. The second kappa shape index (κ2) is 7.14. The van der Waals surface area contributed by atoms with Crippen LogP contribution in [0.5, 0.6) is 5.75 Å². The number of aliphatic hydroxyl groups is 1. The maximum Gasteiger partial charge on any atom is 0.315 e. The van der Waals surface area contributed by atoms with Crippen molar-refractivity contribution in [2.24, 2.45) is 0 Å². The van der Waals surface area contributed by atoms with Gasteiger partial charge in [0.05, 0.1) is 19.8 Å². The van der Waals surface area contributed by atoms with Gasteiger partial charge in [-0.2, -0.15) is 0 Å². The van der Waals surface area contributed by atoms with E-state index in [1.807, 2.05) is 24.3 Å². The average Bonchev–Trinajstić information content (AvgIpc) is 2.45. The van der Waals surface area contributed by atoms with E-state index in [-0.39, 0.29) is 24.1 Å². The van der Waals surface area contributed by atoms with E-state index in [1.54, 1.807) is 14.0 Å². The van der Waals surface area contributed by atoms with Crippen LogP contribution in [0.25, 0.3) is 0 Å². The van der Waals surface area contributed by atoms with Crippen molar-refractivity contribution in [1.29, 1.82) is 0 Å². The highest BCUT2D eigenvalue weighted by molar-refractivity contribution is 5.74. The number of hydrogen-bond donors (Lipinski definition) is 3. The molecule has 0 fully saturated rings. The van der Waals surface area contributed by atoms with Crippen molar-refractivity contribution in [2.75, 3.05) is 20.3 Å². The number of carbonyl (C=O) groups excluding carboxylic acids is 1. The van der Waals surface area contributed by atoms with Gasteiger partial charge in [-0.1, -0.05) is 26.0 Å². The van der Waals surface area contributed by atoms with Gasteiger partial charge in [0.25, 0.3) is 0 Å². The second-order valence-electron chi connectivity index (χ2n) is 5.52. The number of nitrogens with one attached hydrogen (secondary N) is 2. The Labute approximate surface area is 120 Å². The van der Waals surface area contributed by atoms with Gasteiger partial charge >= 0.3 is 6.03 Å². The summed E-state index contributed by atoms with van der Waals surface area (Å²) in [5.41, 5.74) is 0.931. The molecule has 1 unspecified atom stereocenters. The summed E-state index contributed by atoms with van der Waals surface area (Å²) < 4.78 is 5.13. The molecule has 0 saturated carbocycles. The minimum atomic E-state index is -0.270. The topological polar surface area (TPSA) is 70.6 Å². The van der Waals surface area contributed by atoms with Crippen molar-refractivity contribution >= 4 is 6.03 Å². The largest absolute Gasteiger partial charge is 0.497 e. The molecule has 0 aliphatic carbocycles. The molecule has 3 N–H and O–H groups in total. The van der Waals surface area contributed by atoms with Gasteiger partial charge in [0.15, 0.2) is 0 Å². The maximum absolute atomic E-state index is 11.6. The van der Waals surface area contributed by atoms with Crippen molar-refractivity contribution in [3.63, 3.8) is 0 Å². The van der Waals surface area contributed by atoms with Gasteiger partial charge in [0, 0.05) is 12.0 Å². The van der Waals surface area contributed by atoms with E-state index in [4.69, 9.17) is 9.84 Å². The molecular weight excluding hydrogens is 256 g/mol. The first kappa shape index (κ1) is 16.3. The fourth-order valence-corrected chi connectivity index (χ4v) is 1.77. The van der Waals surface area contributed by atoms with Crippen LogP contribution in [0.1, 0.15) is 26.3 Å². The SMILES string of the molecule is COc1ccc(C(C)(C)CNC(=O)NC(C)CO)cc1. The molecule has 2 amide bonds. The van der Waals surface area contributed by atoms with Gasteiger partial charge in [-0.3, -0.25) is 0 Å². The Morgan fingerprint density at radius 1 is 1.35 bits per heavy atom. The van der Waals surface area contributed by atoms with Crippen LogP contribution < -0.4 is 15.4 Å². The van der Waals surface area contributed by atoms with Crippen molar-refractivity contribution in [3.8, 4) is 5.75 Å². The number of carbonyl (C=O) groups is 1. The molecule has 5 heteroatoms. The summed E-state index contributed by atoms with van der Waals surface area (Å²) in [5, 5.41) is 14.4. The third-order valence-corrected chi connectivity index (χ3v) is 3.21. The number of urea groups is 1. The zero-order valence-electron chi connectivity index (χ0n) is 12.6. The fraction of sp³-hybridized carbons (Fsp3) is 0.533. The molecule has 0 aromatic heterocycles. The number of benzene rings is 1. The van der Waals surface area contributed by atoms with E-state index < -0.39 is 0 Å². The third-order valence-electron chi connectivity index (χ3n) is 3.21. The number of aliphatic hydroxyl groups excluding tert-OH is 1. The van der Waals surface area contributed by atoms with Gasteiger partial charge in [0.1, 0.15) is 5.75 Å². The van der Waals surface area contributed by atoms with Crippen LogP contribution in [-0.4, -0.2) is 37.4 Å². The lowest BCUT2D eigenvalue weighted by molar-refractivity contribution is 0.218. The predicted molar refractivity (Wildman–Crippen MR) is 79.1 cm³/mol. The van der Waals surface area contributed by atoms with Gasteiger partial charge in [-0.15, -0.1) is 0 Å². The molecule has 0 aliphatic heterocycles. The van der Waals surface area contributed by atoms with Crippen molar-refractivity contribution < 1.29 is 14.6 Å². The molecule has 112 valence electrons. The summed E-state index contributed by atoms with van der Waals surface area (Å²) in [6.45, 7) is 6.29. The van der Waals surface area contributed by atoms with Crippen LogP contribution in [0.2, 0.25) is 0 Å². The lowest BCUT2D eigenvalue weighted by Crippen LogP contribution is -2.46. The van der Waals surface area contributed by atoms with Gasteiger partial charge in [0.2, 0.25) is 0 Å². The maximum atomic E-state index is 11.6. The first-order valence-electron chi connectivity index (χ1n) is 6.69. The van der Waals surface area contributed by atoms with E-state index >= 15 is 0 Å². The second-order valence-corrected chi connectivity index (χ2v) is 5.52. The Balaban J connectivity index is 2.57. The molecule has 1 rings (SSSR count). The number of ether oxygens (including phenoxy) is 1. The lowest BCUT2D eigenvalue weighted by Gasteiger charge is -2.26. The molecule has 0 aliphatic rings. The Morgan fingerprint density at radius 3 is 2.45 bits per heavy atom. The Hall–Kier alpha value is -1.75. The van der Waals surface area contributed by atoms with Crippen molar-refractivity contribution in [1.82, 2.24) is 10.6 Å². The van der Waals surface area contributed by atoms with E-state index in [0.717, 1.165) is 11.3 Å². The Kier molecular flexibility index (Phi) is 5.82. The highest BCUT2D eigenvalue weighted by atomic mass is 16.5. The molecule has 0 saturated heterocycles. The van der Waals surface area contributed by atoms with Gasteiger partial charge in [-0.25, -0.2) is 4.79 Å². The normalized spacial score (nSPS) is 12.7. The van der Waals surface area contributed by atoms with Crippen LogP contribution >= 0.6 is 0 Å². The minimum absolute atomic E-state index is 0.0741. The summed E-state index contributed by atoms with van der Waals surface area (Å²) in [5.74, 6) is 0.812. The van der Waals surface area contributed by atoms with Gasteiger partial charge in [-0.05, 0) is 24.6 Å². The molecule has 0 spiro atoms. The third kappa shape index (κ3) is 4.74. The zero-order chi connectivity index (χ0) is 15.2. The Bertz CT molecular complexity index is 429. The van der Waals surface area contributed by atoms with Crippen molar-refractivity contribution in [2.45, 2.75) is 32.2 Å². The van der Waals surface area contributed by atoms with Crippen LogP contribution in [-0.2, 0) is 5.41 Å². The molecule has 1 atom stereocenters. The van der Waals surface area contributed by atoms with E-state index in [0.29, 0.717) is 6.54 Å². The summed E-state index contributed by atoms with van der Waals surface area (Å²) >= 11 is 0. The lowest BCUT2D eigenvalue weighted by atomic mass is 9.84. The molecule has 0 bridgehead atoms. The standard InChI is InChI=1S/C15H24N2O3/c1-11(9-18)17-14(19)16-10-15(2,3)12-5-7-13(20-4)8-6-12/h5-8,11,18H,9-10H2,1-4H3,(H2,16,17,19). The van der Waals surface area contributed by atoms with E-state index in [2.05, 4.69) is 24.5 Å².